The Morgan fingerprint density at radius 2 is 1.59 bits per heavy atom. The maximum absolute atomic E-state index is 14.6. The Labute approximate surface area is 346 Å². The Bertz CT molecular complexity index is 1480. The average Bonchev–Trinajstić information content (AvgIpc) is 3.52. The Balaban J connectivity index is 1.38. The number of aliphatic hydroxyl groups excluding tert-OH is 1. The van der Waals surface area contributed by atoms with Crippen molar-refractivity contribution in [3.05, 3.63) is 12.2 Å². The molecule has 0 saturated carbocycles. The van der Waals surface area contributed by atoms with Gasteiger partial charge < -0.3 is 49.1 Å². The highest BCUT2D eigenvalue weighted by molar-refractivity contribution is 5.84. The van der Waals surface area contributed by atoms with Crippen molar-refractivity contribution in [2.75, 3.05) is 6.54 Å². The van der Waals surface area contributed by atoms with Crippen LogP contribution in [0.5, 0.6) is 0 Å². The summed E-state index contributed by atoms with van der Waals surface area (Å²) in [4.78, 5) is 39.5. The molecule has 0 aliphatic carbocycles. The molecular formula is C45H75NO12. The van der Waals surface area contributed by atoms with Gasteiger partial charge in [-0.05, 0) is 103 Å². The molecule has 2 spiro atoms. The molecule has 332 valence electrons. The first-order valence-corrected chi connectivity index (χ1v) is 22.4. The third kappa shape index (κ3) is 9.07. The van der Waals surface area contributed by atoms with Gasteiger partial charge in [0, 0.05) is 36.6 Å². The molecule has 1 amide bonds. The number of hydrogen-bond acceptors (Lipinski definition) is 11. The van der Waals surface area contributed by atoms with Gasteiger partial charge in [0.1, 0.15) is 5.78 Å². The number of carbonyl (C=O) groups is 3. The number of nitrogens with one attached hydrogen (secondary N) is 1. The molecule has 0 aromatic rings. The minimum Gasteiger partial charge on any atom is -0.481 e. The summed E-state index contributed by atoms with van der Waals surface area (Å²) >= 11 is 0. The van der Waals surface area contributed by atoms with Crippen LogP contribution in [-0.2, 0) is 38.0 Å². The number of carboxylic acids is 1. The number of alkyl carbamates (subject to hydrolysis) is 1. The topological polar surface area (TPSA) is 179 Å². The van der Waals surface area contributed by atoms with Crippen LogP contribution in [0.1, 0.15) is 140 Å². The molecule has 13 nitrogen and oxygen atoms in total. The van der Waals surface area contributed by atoms with Gasteiger partial charge in [-0.15, -0.1) is 0 Å². The van der Waals surface area contributed by atoms with E-state index >= 15 is 0 Å². The molecule has 5 aliphatic rings. The van der Waals surface area contributed by atoms with Gasteiger partial charge in [-0.3, -0.25) is 9.59 Å². The number of aliphatic hydroxyl groups is 2. The number of amides is 1. The molecule has 0 radical (unpaired) electrons. The second-order valence-corrected chi connectivity index (χ2v) is 18.8. The second kappa shape index (κ2) is 18.5. The average molecular weight is 822 g/mol. The summed E-state index contributed by atoms with van der Waals surface area (Å²) in [5.74, 6) is -6.15. The van der Waals surface area contributed by atoms with Crippen molar-refractivity contribution in [3.8, 4) is 0 Å². The van der Waals surface area contributed by atoms with E-state index in [1.54, 1.807) is 13.0 Å². The zero-order chi connectivity index (χ0) is 43.0. The van der Waals surface area contributed by atoms with E-state index in [0.717, 1.165) is 6.42 Å². The molecule has 5 aliphatic heterocycles. The zero-order valence-corrected chi connectivity index (χ0v) is 37.0. The van der Waals surface area contributed by atoms with Crippen LogP contribution in [0.25, 0.3) is 0 Å². The number of ketones is 1. The zero-order valence-electron chi connectivity index (χ0n) is 37.0. The highest BCUT2D eigenvalue weighted by Gasteiger charge is 2.64. The van der Waals surface area contributed by atoms with Gasteiger partial charge >= 0.3 is 12.1 Å². The minimum absolute atomic E-state index is 0.0257. The molecule has 4 saturated heterocycles. The Kier molecular flexibility index (Phi) is 14.9. The molecule has 13 heteroatoms. The number of aliphatic carboxylic acids is 1. The van der Waals surface area contributed by atoms with Gasteiger partial charge in [0.05, 0.1) is 53.7 Å². The number of rotatable bonds is 14. The smallest absolute Gasteiger partial charge is 0.407 e. The van der Waals surface area contributed by atoms with E-state index < -0.39 is 95.1 Å². The van der Waals surface area contributed by atoms with Crippen molar-refractivity contribution >= 4 is 17.8 Å². The molecule has 5 rings (SSSR count). The van der Waals surface area contributed by atoms with E-state index in [9.17, 15) is 29.7 Å². The highest BCUT2D eigenvalue weighted by atomic mass is 16.8. The van der Waals surface area contributed by atoms with Crippen LogP contribution in [0.2, 0.25) is 0 Å². The monoisotopic (exact) mass is 822 g/mol. The van der Waals surface area contributed by atoms with Crippen LogP contribution in [0.4, 0.5) is 4.79 Å². The second-order valence-electron chi connectivity index (χ2n) is 18.8. The SMILES string of the molecule is CCNC(=O)O[C@@H]1C=C[C@]2(O[C@H]([C@@H](CC)C(=O)[C@@H](C)[C@@H](O)[C@H](C)[C@@H]3O[C@@H]([C@@H](CC)C(=O)O)CC[C@@H]3C)[C@@H](C)C[C@H]2C)O[C@@]12CC[C@@](C)([C@H]1CC[C@](O)(CC)[C@H](C)O1)O2. The number of Topliss-reactive ketones (excluding diaryl/α,β-unsaturated/α-hetero) is 1. The predicted molar refractivity (Wildman–Crippen MR) is 217 cm³/mol. The quantitative estimate of drug-likeness (QED) is 0.133. The van der Waals surface area contributed by atoms with Gasteiger partial charge in [0.25, 0.3) is 0 Å². The van der Waals surface area contributed by atoms with E-state index in [4.69, 9.17) is 28.4 Å². The van der Waals surface area contributed by atoms with Crippen molar-refractivity contribution in [2.45, 2.75) is 206 Å². The molecule has 4 N–H and O–H groups in total. The van der Waals surface area contributed by atoms with Crippen molar-refractivity contribution in [1.29, 1.82) is 0 Å². The maximum atomic E-state index is 14.6. The molecule has 58 heavy (non-hydrogen) atoms. The van der Waals surface area contributed by atoms with E-state index in [0.29, 0.717) is 64.3 Å². The third-order valence-corrected chi connectivity index (χ3v) is 15.0. The van der Waals surface area contributed by atoms with Crippen molar-refractivity contribution in [2.24, 2.45) is 41.4 Å². The van der Waals surface area contributed by atoms with E-state index in [1.807, 2.05) is 54.5 Å². The standard InChI is InChI=1S/C45H75NO12/c1-12-31(40(49)50)33-17-16-25(5)38(54-33)29(9)36(47)28(8)37(48)32(13-2)39-26(6)24-27(7)44(56-39)21-19-35(55-41(51)46-15-4)45(58-44)23-22-42(11,57-45)34-18-20-43(52,14-3)30(10)53-34/h19,21,25-36,38-39,47,52H,12-18,20,22-24H2,1-11H3,(H,46,51)(H,49,50)/t25-,26-,27+,28-,29-,30-,31+,32-,33+,34+,35+,36+,38+,39-,42-,43+,44-,45-/m0/s1. The first kappa shape index (κ1) is 46.9. The summed E-state index contributed by atoms with van der Waals surface area (Å²) < 4.78 is 40.1. The molecule has 0 aromatic heterocycles. The van der Waals surface area contributed by atoms with E-state index in [2.05, 4.69) is 26.1 Å². The summed E-state index contributed by atoms with van der Waals surface area (Å²) in [6.07, 6.45) is 4.69. The highest BCUT2D eigenvalue weighted by Crippen LogP contribution is 2.54. The van der Waals surface area contributed by atoms with Gasteiger partial charge in [-0.1, -0.05) is 55.4 Å². The number of hydrogen-bond donors (Lipinski definition) is 4. The van der Waals surface area contributed by atoms with Gasteiger partial charge in [0.2, 0.25) is 5.79 Å². The molecule has 0 unspecified atom stereocenters. The minimum atomic E-state index is -1.42. The largest absolute Gasteiger partial charge is 0.481 e. The van der Waals surface area contributed by atoms with E-state index in [-0.39, 0.29) is 29.6 Å². The number of ether oxygens (including phenoxy) is 6. The first-order chi connectivity index (χ1) is 27.2. The lowest BCUT2D eigenvalue weighted by Gasteiger charge is -2.54. The van der Waals surface area contributed by atoms with Crippen LogP contribution in [0.15, 0.2) is 12.2 Å². The first-order valence-electron chi connectivity index (χ1n) is 22.4. The fourth-order valence-electron chi connectivity index (χ4n) is 10.9. The van der Waals surface area contributed by atoms with Crippen LogP contribution in [0.3, 0.4) is 0 Å². The van der Waals surface area contributed by atoms with Crippen molar-refractivity contribution in [3.63, 3.8) is 0 Å². The molecular weight excluding hydrogens is 746 g/mol. The van der Waals surface area contributed by atoms with Crippen LogP contribution in [0, 0.1) is 41.4 Å². The van der Waals surface area contributed by atoms with Crippen molar-refractivity contribution in [1.82, 2.24) is 5.32 Å². The summed E-state index contributed by atoms with van der Waals surface area (Å²) in [5, 5.41) is 35.5. The summed E-state index contributed by atoms with van der Waals surface area (Å²) in [6.45, 7) is 21.7. The fourth-order valence-corrected chi connectivity index (χ4v) is 10.9. The molecule has 4 fully saturated rings. The number of carbonyl (C=O) groups excluding carboxylic acids is 2. The molecule has 0 bridgehead atoms. The third-order valence-electron chi connectivity index (χ3n) is 15.0. The van der Waals surface area contributed by atoms with E-state index in [1.165, 1.54) is 0 Å². The summed E-state index contributed by atoms with van der Waals surface area (Å²) in [6, 6.07) is 0. The molecule has 18 atom stereocenters. The predicted octanol–water partition coefficient (Wildman–Crippen LogP) is 6.94. The number of carboxylic acid groups (broad SMARTS) is 1. The lowest BCUT2D eigenvalue weighted by molar-refractivity contribution is -0.408. The fraction of sp³-hybridized carbons (Fsp3) is 0.889. The Morgan fingerprint density at radius 3 is 2.19 bits per heavy atom. The van der Waals surface area contributed by atoms with Gasteiger partial charge in [-0.25, -0.2) is 4.79 Å². The Morgan fingerprint density at radius 1 is 0.897 bits per heavy atom. The van der Waals surface area contributed by atoms with Crippen LogP contribution < -0.4 is 5.32 Å². The van der Waals surface area contributed by atoms with Crippen LogP contribution >= 0.6 is 0 Å². The molecule has 5 heterocycles. The normalized spacial score (nSPS) is 43.0. The van der Waals surface area contributed by atoms with Gasteiger partial charge in [0.15, 0.2) is 11.9 Å². The van der Waals surface area contributed by atoms with Gasteiger partial charge in [-0.2, -0.15) is 0 Å². The lowest BCUT2D eigenvalue weighted by atomic mass is 9.72. The molecule has 0 aromatic carbocycles. The summed E-state index contributed by atoms with van der Waals surface area (Å²) in [5.41, 5.74) is -1.74. The van der Waals surface area contributed by atoms with Crippen molar-refractivity contribution < 1.29 is 58.1 Å². The summed E-state index contributed by atoms with van der Waals surface area (Å²) in [7, 11) is 0. The van der Waals surface area contributed by atoms with Crippen LogP contribution in [-0.4, -0.2) is 105 Å². The maximum Gasteiger partial charge on any atom is 0.407 e. The Hall–Kier alpha value is -2.13. The lowest BCUT2D eigenvalue weighted by Crippen LogP contribution is -2.63.